The van der Waals surface area contributed by atoms with Gasteiger partial charge in [0.1, 0.15) is 0 Å². The molecule has 0 aromatic carbocycles. The smallest absolute Gasteiger partial charge is 0.328 e. The fourth-order valence-corrected chi connectivity index (χ4v) is 9.93. The summed E-state index contributed by atoms with van der Waals surface area (Å²) in [5.41, 5.74) is 7.66. The topological polar surface area (TPSA) is 104 Å². The standard InChI is InChI=1S/C32H54N2O4/c1-20(2)7-6-8-21(3)25-11-12-26-24-10-9-22-17-23(34(29(36)18-33)28(19-35)30(37)38)13-15-31(22,4)27(24)14-16-32(25,26)5/h9,20-21,23-28,35H,6-8,10-19,33H2,1-5H3,(H,37,38)/t21-,23?,24?,25-,26?,27?,28+,31+,32-/m1/s1. The number of allylic oxidation sites excluding steroid dienone is 1. The van der Waals surface area contributed by atoms with Crippen molar-refractivity contribution in [2.24, 2.45) is 52.1 Å². The highest BCUT2D eigenvalue weighted by Crippen LogP contribution is 2.67. The van der Waals surface area contributed by atoms with E-state index < -0.39 is 18.6 Å². The molecule has 0 aliphatic heterocycles. The average molecular weight is 531 g/mol. The predicted octanol–water partition coefficient (Wildman–Crippen LogP) is 5.63. The van der Waals surface area contributed by atoms with Gasteiger partial charge >= 0.3 is 5.97 Å². The highest BCUT2D eigenvalue weighted by Gasteiger charge is 2.59. The lowest BCUT2D eigenvalue weighted by molar-refractivity contribution is -0.154. The van der Waals surface area contributed by atoms with E-state index in [0.717, 1.165) is 48.9 Å². The van der Waals surface area contributed by atoms with E-state index in [1.165, 1.54) is 55.4 Å². The van der Waals surface area contributed by atoms with Crippen molar-refractivity contribution in [3.63, 3.8) is 0 Å². The van der Waals surface area contributed by atoms with Gasteiger partial charge in [0.05, 0.1) is 13.2 Å². The maximum absolute atomic E-state index is 12.7. The number of rotatable bonds is 10. The van der Waals surface area contributed by atoms with Crippen molar-refractivity contribution in [2.45, 2.75) is 117 Å². The molecule has 4 rings (SSSR count). The largest absolute Gasteiger partial charge is 0.480 e. The molecular formula is C32H54N2O4. The van der Waals surface area contributed by atoms with E-state index in [1.807, 2.05) is 0 Å². The molecule has 9 atom stereocenters. The number of carboxylic acid groups (broad SMARTS) is 1. The molecule has 1 amide bonds. The van der Waals surface area contributed by atoms with Crippen molar-refractivity contribution in [3.8, 4) is 0 Å². The van der Waals surface area contributed by atoms with Crippen LogP contribution >= 0.6 is 0 Å². The Kier molecular flexibility index (Phi) is 9.03. The summed E-state index contributed by atoms with van der Waals surface area (Å²) in [7, 11) is 0. The molecule has 4 N–H and O–H groups in total. The van der Waals surface area contributed by atoms with E-state index in [9.17, 15) is 19.8 Å². The molecule has 0 spiro atoms. The minimum Gasteiger partial charge on any atom is -0.480 e. The van der Waals surface area contributed by atoms with Crippen LogP contribution in [0.4, 0.5) is 0 Å². The zero-order chi connectivity index (χ0) is 27.8. The number of hydrogen-bond acceptors (Lipinski definition) is 4. The third-order valence-electron chi connectivity index (χ3n) is 11.9. The van der Waals surface area contributed by atoms with Gasteiger partial charge in [-0.15, -0.1) is 0 Å². The van der Waals surface area contributed by atoms with E-state index >= 15 is 0 Å². The Morgan fingerprint density at radius 3 is 2.45 bits per heavy atom. The Bertz CT molecular complexity index is 902. The normalized spacial score (nSPS) is 38.0. The first-order valence-electron chi connectivity index (χ1n) is 15.5. The molecule has 4 aliphatic rings. The van der Waals surface area contributed by atoms with Crippen LogP contribution in [0.5, 0.6) is 0 Å². The summed E-state index contributed by atoms with van der Waals surface area (Å²) in [5, 5.41) is 19.5. The molecule has 4 unspecified atom stereocenters. The second-order valence-corrected chi connectivity index (χ2v) is 14.2. The number of fused-ring (bicyclic) bond motifs is 5. The fraction of sp³-hybridized carbons (Fsp3) is 0.875. The van der Waals surface area contributed by atoms with Gasteiger partial charge in [0.2, 0.25) is 5.91 Å². The van der Waals surface area contributed by atoms with E-state index in [2.05, 4.69) is 40.7 Å². The molecule has 3 saturated carbocycles. The lowest BCUT2D eigenvalue weighted by atomic mass is 9.46. The zero-order valence-electron chi connectivity index (χ0n) is 24.6. The lowest BCUT2D eigenvalue weighted by Gasteiger charge is -2.59. The zero-order valence-corrected chi connectivity index (χ0v) is 24.6. The number of aliphatic hydroxyl groups excluding tert-OH is 1. The molecule has 0 heterocycles. The Morgan fingerprint density at radius 2 is 1.82 bits per heavy atom. The van der Waals surface area contributed by atoms with Gasteiger partial charge < -0.3 is 20.8 Å². The lowest BCUT2D eigenvalue weighted by Crippen LogP contribution is -2.57. The number of carbonyl (C=O) groups excluding carboxylic acids is 1. The Morgan fingerprint density at radius 1 is 1.08 bits per heavy atom. The van der Waals surface area contributed by atoms with Crippen molar-refractivity contribution < 1.29 is 19.8 Å². The summed E-state index contributed by atoms with van der Waals surface area (Å²) < 4.78 is 0. The number of hydrogen-bond donors (Lipinski definition) is 3. The van der Waals surface area contributed by atoms with Crippen molar-refractivity contribution in [1.82, 2.24) is 4.90 Å². The molecule has 0 saturated heterocycles. The van der Waals surface area contributed by atoms with Gasteiger partial charge in [-0.1, -0.05) is 65.5 Å². The van der Waals surface area contributed by atoms with Crippen LogP contribution in [0.3, 0.4) is 0 Å². The van der Waals surface area contributed by atoms with Crippen molar-refractivity contribution in [2.75, 3.05) is 13.2 Å². The number of carboxylic acids is 1. The van der Waals surface area contributed by atoms with Crippen LogP contribution in [0.15, 0.2) is 11.6 Å². The van der Waals surface area contributed by atoms with Gasteiger partial charge in [0.15, 0.2) is 6.04 Å². The van der Waals surface area contributed by atoms with E-state index in [1.54, 1.807) is 0 Å². The molecule has 0 aromatic heterocycles. The quantitative estimate of drug-likeness (QED) is 0.318. The van der Waals surface area contributed by atoms with Crippen LogP contribution < -0.4 is 5.73 Å². The van der Waals surface area contributed by atoms with Crippen LogP contribution in [0.2, 0.25) is 0 Å². The highest BCUT2D eigenvalue weighted by atomic mass is 16.4. The summed E-state index contributed by atoms with van der Waals surface area (Å²) in [4.78, 5) is 26.0. The maximum Gasteiger partial charge on any atom is 0.328 e. The van der Waals surface area contributed by atoms with E-state index in [-0.39, 0.29) is 23.9 Å². The summed E-state index contributed by atoms with van der Waals surface area (Å²) in [5.74, 6) is 3.09. The average Bonchev–Trinajstić information content (AvgIpc) is 3.23. The number of aliphatic carboxylic acids is 1. The predicted molar refractivity (Wildman–Crippen MR) is 151 cm³/mol. The number of nitrogens with zero attached hydrogens (tertiary/aromatic N) is 1. The maximum atomic E-state index is 12.7. The highest BCUT2D eigenvalue weighted by molar-refractivity contribution is 5.85. The van der Waals surface area contributed by atoms with Gasteiger partial charge in [-0.25, -0.2) is 4.79 Å². The molecule has 0 bridgehead atoms. The molecule has 3 fully saturated rings. The van der Waals surface area contributed by atoms with Crippen LogP contribution in [-0.2, 0) is 9.59 Å². The van der Waals surface area contributed by atoms with Crippen LogP contribution in [0.25, 0.3) is 0 Å². The van der Waals surface area contributed by atoms with Gasteiger partial charge in [-0.3, -0.25) is 4.79 Å². The van der Waals surface area contributed by atoms with Crippen LogP contribution in [0, 0.1) is 46.3 Å². The number of carbonyl (C=O) groups is 2. The van der Waals surface area contributed by atoms with Crippen molar-refractivity contribution >= 4 is 11.9 Å². The van der Waals surface area contributed by atoms with Gasteiger partial charge in [0, 0.05) is 6.04 Å². The van der Waals surface area contributed by atoms with Crippen molar-refractivity contribution in [3.05, 3.63) is 11.6 Å². The molecule has 216 valence electrons. The summed E-state index contributed by atoms with van der Waals surface area (Å²) >= 11 is 0. The Labute approximate surface area is 230 Å². The third kappa shape index (κ3) is 5.21. The number of amides is 1. The first-order chi connectivity index (χ1) is 18.0. The number of nitrogens with two attached hydrogens (primary N) is 1. The SMILES string of the molecule is CC(C)CCC[C@@H](C)[C@H]1CCC2C3CC=C4CC(N(C(=O)CN)[C@@H](CO)C(=O)O)CC[C@]4(C)C3CC[C@@]21C. The third-order valence-corrected chi connectivity index (χ3v) is 11.9. The molecule has 38 heavy (non-hydrogen) atoms. The van der Waals surface area contributed by atoms with E-state index in [0.29, 0.717) is 17.8 Å². The Hall–Kier alpha value is -1.40. The van der Waals surface area contributed by atoms with E-state index in [4.69, 9.17) is 5.73 Å². The van der Waals surface area contributed by atoms with Crippen molar-refractivity contribution in [1.29, 1.82) is 0 Å². The Balaban J connectivity index is 1.51. The minimum absolute atomic E-state index is 0.122. The molecule has 6 nitrogen and oxygen atoms in total. The van der Waals surface area contributed by atoms with Gasteiger partial charge in [-0.2, -0.15) is 0 Å². The van der Waals surface area contributed by atoms with Crippen LogP contribution in [-0.4, -0.2) is 52.2 Å². The summed E-state index contributed by atoms with van der Waals surface area (Å²) in [6.07, 6.45) is 15.5. The first kappa shape index (κ1) is 29.6. The summed E-state index contributed by atoms with van der Waals surface area (Å²) in [6, 6.07) is -1.45. The molecular weight excluding hydrogens is 476 g/mol. The minimum atomic E-state index is -1.23. The second kappa shape index (κ2) is 11.6. The van der Waals surface area contributed by atoms with Crippen LogP contribution in [0.1, 0.15) is 105 Å². The number of aliphatic hydroxyl groups is 1. The summed E-state index contributed by atoms with van der Waals surface area (Å²) in [6.45, 7) is 11.4. The molecule has 6 heteroatoms. The fourth-order valence-electron chi connectivity index (χ4n) is 9.93. The molecule has 0 radical (unpaired) electrons. The van der Waals surface area contributed by atoms with Gasteiger partial charge in [-0.05, 0) is 97.7 Å². The first-order valence-corrected chi connectivity index (χ1v) is 15.5. The van der Waals surface area contributed by atoms with Gasteiger partial charge in [0.25, 0.3) is 0 Å². The second-order valence-electron chi connectivity index (χ2n) is 14.2. The molecule has 4 aliphatic carbocycles. The monoisotopic (exact) mass is 530 g/mol. The molecule has 0 aromatic rings.